The Hall–Kier alpha value is -1.47. The van der Waals surface area contributed by atoms with E-state index in [1.54, 1.807) is 6.92 Å². The topological polar surface area (TPSA) is 90.4 Å². The predicted molar refractivity (Wildman–Crippen MR) is 62.6 cm³/mol. The molecule has 1 unspecified atom stereocenters. The standard InChI is InChI=1S/C11H16FN3O3/c1-6-7(5-16)18-9(11(6,2)12)15-4-3-8(13)14-10(15)17/h3-4,6-7,9,16H,5H2,1-2H3,(H2,13,14,17)/t6-,7+,9+,11?/m0/s1. The van der Waals surface area contributed by atoms with Crippen molar-refractivity contribution < 1.29 is 14.2 Å². The second-order valence-corrected chi connectivity index (χ2v) is 4.69. The van der Waals surface area contributed by atoms with Gasteiger partial charge in [-0.2, -0.15) is 4.98 Å². The summed E-state index contributed by atoms with van der Waals surface area (Å²) >= 11 is 0. The van der Waals surface area contributed by atoms with Crippen LogP contribution in [0.5, 0.6) is 0 Å². The van der Waals surface area contributed by atoms with E-state index in [4.69, 9.17) is 15.6 Å². The first-order valence-corrected chi connectivity index (χ1v) is 5.67. The van der Waals surface area contributed by atoms with Crippen molar-refractivity contribution in [3.63, 3.8) is 0 Å². The number of aliphatic hydroxyl groups excluding tert-OH is 1. The number of hydrogen-bond donors (Lipinski definition) is 2. The van der Waals surface area contributed by atoms with E-state index in [9.17, 15) is 9.18 Å². The summed E-state index contributed by atoms with van der Waals surface area (Å²) in [4.78, 5) is 15.2. The molecule has 2 rings (SSSR count). The molecule has 18 heavy (non-hydrogen) atoms. The minimum atomic E-state index is -1.77. The summed E-state index contributed by atoms with van der Waals surface area (Å²) in [5, 5.41) is 9.13. The number of alkyl halides is 1. The number of hydrogen-bond acceptors (Lipinski definition) is 5. The maximum absolute atomic E-state index is 14.6. The number of aliphatic hydroxyl groups is 1. The largest absolute Gasteiger partial charge is 0.394 e. The Morgan fingerprint density at radius 2 is 2.39 bits per heavy atom. The zero-order valence-corrected chi connectivity index (χ0v) is 10.2. The average molecular weight is 257 g/mol. The van der Waals surface area contributed by atoms with Gasteiger partial charge in [0, 0.05) is 12.1 Å². The van der Waals surface area contributed by atoms with Crippen molar-refractivity contribution in [2.45, 2.75) is 31.8 Å². The molecule has 7 heteroatoms. The van der Waals surface area contributed by atoms with E-state index in [1.807, 2.05) is 0 Å². The Bertz CT molecular complexity index is 503. The van der Waals surface area contributed by atoms with Crippen LogP contribution in [-0.4, -0.2) is 33.0 Å². The molecular weight excluding hydrogens is 241 g/mol. The fourth-order valence-electron chi connectivity index (χ4n) is 2.15. The van der Waals surface area contributed by atoms with Crippen LogP contribution in [0.25, 0.3) is 0 Å². The van der Waals surface area contributed by atoms with Crippen LogP contribution in [0.4, 0.5) is 10.2 Å². The smallest absolute Gasteiger partial charge is 0.351 e. The van der Waals surface area contributed by atoms with Crippen LogP contribution in [0.2, 0.25) is 0 Å². The zero-order chi connectivity index (χ0) is 13.5. The molecule has 0 saturated carbocycles. The molecular formula is C11H16FN3O3. The third-order valence-corrected chi connectivity index (χ3v) is 3.52. The van der Waals surface area contributed by atoms with Crippen molar-refractivity contribution in [2.75, 3.05) is 12.3 Å². The number of nitrogens with zero attached hydrogens (tertiary/aromatic N) is 2. The second kappa shape index (κ2) is 4.33. The highest BCUT2D eigenvalue weighted by atomic mass is 19.1. The van der Waals surface area contributed by atoms with Crippen LogP contribution in [0.3, 0.4) is 0 Å². The first kappa shape index (κ1) is 13.0. The van der Waals surface area contributed by atoms with Gasteiger partial charge in [0.25, 0.3) is 0 Å². The lowest BCUT2D eigenvalue weighted by atomic mass is 9.90. The van der Waals surface area contributed by atoms with Crippen LogP contribution in [-0.2, 0) is 4.74 Å². The van der Waals surface area contributed by atoms with Gasteiger partial charge in [-0.3, -0.25) is 4.57 Å². The van der Waals surface area contributed by atoms with Crippen LogP contribution >= 0.6 is 0 Å². The fraction of sp³-hybridized carbons (Fsp3) is 0.636. The molecule has 1 aromatic heterocycles. The van der Waals surface area contributed by atoms with Gasteiger partial charge < -0.3 is 15.6 Å². The predicted octanol–water partition coefficient (Wildman–Crippen LogP) is 0.0795. The minimum Gasteiger partial charge on any atom is -0.394 e. The highest BCUT2D eigenvalue weighted by molar-refractivity contribution is 5.23. The number of halogens is 1. The molecule has 6 nitrogen and oxygen atoms in total. The number of rotatable bonds is 2. The lowest BCUT2D eigenvalue weighted by Gasteiger charge is -2.25. The quantitative estimate of drug-likeness (QED) is 0.783. The van der Waals surface area contributed by atoms with Crippen molar-refractivity contribution >= 4 is 5.82 Å². The normalized spacial score (nSPS) is 35.9. The van der Waals surface area contributed by atoms with E-state index in [2.05, 4.69) is 4.98 Å². The van der Waals surface area contributed by atoms with Crippen molar-refractivity contribution in [1.29, 1.82) is 0 Å². The highest BCUT2D eigenvalue weighted by Crippen LogP contribution is 2.44. The fourth-order valence-corrected chi connectivity index (χ4v) is 2.15. The van der Waals surface area contributed by atoms with Gasteiger partial charge >= 0.3 is 5.69 Å². The molecule has 1 aliphatic rings. The van der Waals surface area contributed by atoms with Gasteiger partial charge in [0.05, 0.1) is 12.7 Å². The summed E-state index contributed by atoms with van der Waals surface area (Å²) in [5.41, 5.74) is 2.94. The van der Waals surface area contributed by atoms with E-state index in [0.717, 1.165) is 4.57 Å². The Morgan fingerprint density at radius 1 is 1.72 bits per heavy atom. The lowest BCUT2D eigenvalue weighted by Crippen LogP contribution is -2.38. The van der Waals surface area contributed by atoms with Gasteiger partial charge in [-0.25, -0.2) is 9.18 Å². The molecule has 2 heterocycles. The molecule has 0 amide bonds. The number of nitrogen functional groups attached to an aromatic ring is 1. The number of ether oxygens (including phenoxy) is 1. The van der Waals surface area contributed by atoms with E-state index in [1.165, 1.54) is 19.2 Å². The third-order valence-electron chi connectivity index (χ3n) is 3.52. The van der Waals surface area contributed by atoms with E-state index >= 15 is 0 Å². The minimum absolute atomic E-state index is 0.0709. The molecule has 0 aromatic carbocycles. The molecule has 100 valence electrons. The molecule has 1 aromatic rings. The number of nitrogens with two attached hydrogens (primary N) is 1. The van der Waals surface area contributed by atoms with E-state index < -0.39 is 29.6 Å². The Balaban J connectivity index is 2.42. The van der Waals surface area contributed by atoms with E-state index in [0.29, 0.717) is 0 Å². The second-order valence-electron chi connectivity index (χ2n) is 4.69. The summed E-state index contributed by atoms with van der Waals surface area (Å²) in [6.07, 6.45) is -0.403. The van der Waals surface area contributed by atoms with Crippen molar-refractivity contribution in [1.82, 2.24) is 9.55 Å². The van der Waals surface area contributed by atoms with Crippen molar-refractivity contribution in [2.24, 2.45) is 5.92 Å². The summed E-state index contributed by atoms with van der Waals surface area (Å²) in [7, 11) is 0. The maximum atomic E-state index is 14.6. The first-order valence-electron chi connectivity index (χ1n) is 5.67. The van der Waals surface area contributed by atoms with Crippen molar-refractivity contribution in [3.05, 3.63) is 22.7 Å². The van der Waals surface area contributed by atoms with E-state index in [-0.39, 0.29) is 12.4 Å². The van der Waals surface area contributed by atoms with Gasteiger partial charge in [-0.15, -0.1) is 0 Å². The highest BCUT2D eigenvalue weighted by Gasteiger charge is 2.53. The summed E-state index contributed by atoms with van der Waals surface area (Å²) < 4.78 is 21.1. The van der Waals surface area contributed by atoms with Gasteiger partial charge in [0.1, 0.15) is 5.82 Å². The molecule has 4 atom stereocenters. The van der Waals surface area contributed by atoms with Gasteiger partial charge in [0.2, 0.25) is 0 Å². The Morgan fingerprint density at radius 3 is 2.89 bits per heavy atom. The monoisotopic (exact) mass is 257 g/mol. The average Bonchev–Trinajstić information content (AvgIpc) is 2.52. The van der Waals surface area contributed by atoms with Gasteiger partial charge in [0.15, 0.2) is 11.9 Å². The zero-order valence-electron chi connectivity index (χ0n) is 10.2. The molecule has 0 bridgehead atoms. The summed E-state index contributed by atoms with van der Waals surface area (Å²) in [5.74, 6) is -0.460. The van der Waals surface area contributed by atoms with Gasteiger partial charge in [-0.1, -0.05) is 6.92 Å². The van der Waals surface area contributed by atoms with Crippen LogP contribution in [0.15, 0.2) is 17.1 Å². The maximum Gasteiger partial charge on any atom is 0.351 e. The molecule has 3 N–H and O–H groups in total. The number of anilines is 1. The Labute approximate surface area is 103 Å². The Kier molecular flexibility index (Phi) is 3.12. The van der Waals surface area contributed by atoms with Crippen LogP contribution < -0.4 is 11.4 Å². The molecule has 1 fully saturated rings. The molecule has 0 radical (unpaired) electrons. The van der Waals surface area contributed by atoms with Gasteiger partial charge in [-0.05, 0) is 13.0 Å². The first-order chi connectivity index (χ1) is 8.37. The molecule has 1 saturated heterocycles. The lowest BCUT2D eigenvalue weighted by molar-refractivity contribution is -0.0610. The summed E-state index contributed by atoms with van der Waals surface area (Å²) in [6.45, 7) is 2.69. The van der Waals surface area contributed by atoms with Crippen LogP contribution in [0.1, 0.15) is 20.1 Å². The SMILES string of the molecule is C[C@H]1[C@@H](CO)O[C@@H](n2ccc(N)nc2=O)C1(C)F. The third kappa shape index (κ3) is 1.89. The molecule has 0 aliphatic carbocycles. The summed E-state index contributed by atoms with van der Waals surface area (Å²) in [6, 6.07) is 1.40. The van der Waals surface area contributed by atoms with Crippen LogP contribution in [0, 0.1) is 5.92 Å². The molecule has 0 spiro atoms. The molecule has 1 aliphatic heterocycles. The van der Waals surface area contributed by atoms with Crippen molar-refractivity contribution in [3.8, 4) is 0 Å². The number of aromatic nitrogens is 2.